The summed E-state index contributed by atoms with van der Waals surface area (Å²) in [7, 11) is -1.02. The van der Waals surface area contributed by atoms with Gasteiger partial charge in [0.05, 0.1) is 0 Å². The van der Waals surface area contributed by atoms with Crippen LogP contribution < -0.4 is 21.2 Å². The summed E-state index contributed by atoms with van der Waals surface area (Å²) >= 11 is 0. The Hall–Kier alpha value is -2.27. The first kappa shape index (κ1) is 22.3. The Morgan fingerprint density at radius 1 is 0.628 bits per heavy atom. The molecule has 2 nitrogen and oxygen atoms in total. The van der Waals surface area contributed by atoms with E-state index in [9.17, 15) is 4.79 Å². The fourth-order valence-corrected chi connectivity index (χ4v) is 131. The summed E-state index contributed by atoms with van der Waals surface area (Å²) in [5.74, 6) is -0.0650. The van der Waals surface area contributed by atoms with Crippen LogP contribution in [0.1, 0.15) is 13.8 Å². The fourth-order valence-electron chi connectivity index (χ4n) is 23.0. The van der Waals surface area contributed by atoms with Crippen LogP contribution >= 0.6 is 15.8 Å². The Labute approximate surface area is 245 Å². The normalized spacial score (nSPS) is 58.3. The molecule has 0 radical (unpaired) electrons. The second kappa shape index (κ2) is 3.71. The van der Waals surface area contributed by atoms with Gasteiger partial charge in [0, 0.05) is 0 Å². The molecule has 10 fully saturated rings. The molecular formula is C38H34FeO2P2. The average Bonchev–Trinajstić information content (AvgIpc) is 3.99. The quantitative estimate of drug-likeness (QED) is 0.112. The topological polar surface area (TPSA) is 26.3 Å². The Morgan fingerprint density at radius 2 is 1.05 bits per heavy atom. The van der Waals surface area contributed by atoms with E-state index >= 15 is 0 Å². The van der Waals surface area contributed by atoms with Crippen molar-refractivity contribution >= 4 is 43.0 Å². The summed E-state index contributed by atoms with van der Waals surface area (Å²) in [6.07, 6.45) is 0.0618. The van der Waals surface area contributed by atoms with Gasteiger partial charge in [-0.1, -0.05) is 0 Å². The van der Waals surface area contributed by atoms with E-state index < -0.39 is 22.4 Å². The number of benzene rings is 4. The minimum atomic E-state index is -4.50. The molecule has 10 unspecified atom stereocenters. The standard InChI is InChI=1S/C21H20O2P.C17H14P.Fe/c1-16(23-17(2)22)20-14-9-15-21(20)24(18-10-5-3-6-11-18)19-12-7-4-8-13-19;1-3-9-15(10-4-1)18(17-13-7-8-14-17)16-11-5-2-6-12-16;/h3-16H,1-2H3;1-14H;. The van der Waals surface area contributed by atoms with Gasteiger partial charge in [0.1, 0.15) is 0 Å². The molecule has 5 heteroatoms. The Bertz CT molecular complexity index is 2340. The molecule has 10 aliphatic rings. The zero-order chi connectivity index (χ0) is 28.3. The van der Waals surface area contributed by atoms with Crippen molar-refractivity contribution in [2.75, 3.05) is 0 Å². The molecule has 10 heterocycles. The van der Waals surface area contributed by atoms with Crippen molar-refractivity contribution in [3.05, 3.63) is 121 Å². The van der Waals surface area contributed by atoms with E-state index in [0.29, 0.717) is 12.4 Å². The van der Waals surface area contributed by atoms with E-state index in [1.165, 1.54) is 0 Å². The number of carbonyl (C=O) groups is 1. The minimum absolute atomic E-state index is 0.0618. The average molecular weight is 640 g/mol. The Morgan fingerprint density at radius 3 is 1.42 bits per heavy atom. The predicted octanol–water partition coefficient (Wildman–Crippen LogP) is 7.78. The number of rotatable bonds is 8. The van der Waals surface area contributed by atoms with Crippen LogP contribution in [0.25, 0.3) is 0 Å². The molecule has 10 atom stereocenters. The van der Waals surface area contributed by atoms with Gasteiger partial charge >= 0.3 is 246 Å². The van der Waals surface area contributed by atoms with Crippen LogP contribution in [0.2, 0.25) is 38.0 Å². The Kier molecular flexibility index (Phi) is 1.92. The number of hydrogen-bond donors (Lipinski definition) is 0. The third-order valence-electron chi connectivity index (χ3n) is 20.6. The maximum absolute atomic E-state index is 12.9. The van der Waals surface area contributed by atoms with E-state index in [1.54, 1.807) is 28.1 Å². The first-order valence-electron chi connectivity index (χ1n) is 16.0. The van der Waals surface area contributed by atoms with Crippen LogP contribution in [0.15, 0.2) is 121 Å². The van der Waals surface area contributed by atoms with Crippen molar-refractivity contribution in [3.63, 3.8) is 0 Å². The summed E-state index contributed by atoms with van der Waals surface area (Å²) in [6, 6.07) is 47.0. The van der Waals surface area contributed by atoms with Crippen LogP contribution in [0, 0.1) is 0 Å². The molecule has 0 saturated carbocycles. The summed E-state index contributed by atoms with van der Waals surface area (Å²) in [5, 5.41) is 6.41. The summed E-state index contributed by atoms with van der Waals surface area (Å²) < 4.78 is 7.86. The van der Waals surface area contributed by atoms with Gasteiger partial charge in [-0.05, 0) is 0 Å². The first-order chi connectivity index (χ1) is 20.8. The van der Waals surface area contributed by atoms with E-state index in [-0.39, 0.29) is 12.1 Å². The molecule has 0 aliphatic carbocycles. The number of esters is 1. The first-order valence-corrected chi connectivity index (χ1v) is 24.8. The predicted molar refractivity (Wildman–Crippen MR) is 174 cm³/mol. The summed E-state index contributed by atoms with van der Waals surface area (Å²) in [4.78, 5) is 19.9. The van der Waals surface area contributed by atoms with Crippen molar-refractivity contribution in [1.29, 1.82) is 0 Å². The zero-order valence-electron chi connectivity index (χ0n) is 24.2. The van der Waals surface area contributed by atoms with Crippen molar-refractivity contribution < 1.29 is 16.0 Å². The molecule has 0 amide bonds. The van der Waals surface area contributed by atoms with Gasteiger partial charge < -0.3 is 0 Å². The van der Waals surface area contributed by atoms with Crippen LogP contribution in [0.5, 0.6) is 0 Å². The molecule has 1 spiro atoms. The van der Waals surface area contributed by atoms with Crippen molar-refractivity contribution in [3.8, 4) is 0 Å². The third-order valence-corrected chi connectivity index (χ3v) is 78.0. The number of ether oxygens (including phenoxy) is 1. The van der Waals surface area contributed by atoms with Crippen LogP contribution in [-0.4, -0.2) is 20.2 Å². The molecule has 10 aliphatic heterocycles. The number of hydrogen-bond acceptors (Lipinski definition) is 2. The van der Waals surface area contributed by atoms with Gasteiger partial charge in [0.15, 0.2) is 0 Å². The molecule has 0 aromatic heterocycles. The molecule has 43 heavy (non-hydrogen) atoms. The zero-order valence-corrected chi connectivity index (χ0v) is 27.1. The van der Waals surface area contributed by atoms with Gasteiger partial charge in [-0.3, -0.25) is 0 Å². The van der Waals surface area contributed by atoms with Crippen LogP contribution in [-0.2, 0) is 16.0 Å². The molecule has 0 N–H and O–H groups in total. The second-order valence-corrected chi connectivity index (χ2v) is 45.6. The van der Waals surface area contributed by atoms with Gasteiger partial charge in [0.25, 0.3) is 0 Å². The fraction of sp³-hybridized carbons (Fsp3) is 0.342. The van der Waals surface area contributed by atoms with Crippen LogP contribution in [0.3, 0.4) is 0 Å². The Balaban J connectivity index is 1.14. The molecule has 10 saturated heterocycles. The maximum atomic E-state index is 12.9. The molecule has 216 valence electrons. The summed E-state index contributed by atoms with van der Waals surface area (Å²) in [5.41, 5.74) is 0. The van der Waals surface area contributed by atoms with Gasteiger partial charge in [-0.25, -0.2) is 0 Å². The van der Waals surface area contributed by atoms with E-state index in [1.807, 2.05) is 0 Å². The molecule has 4 aromatic carbocycles. The SMILES string of the molecule is CC(=O)OC(C)[C]12[CH]3[CH]4[CH]5[C]1(P(c1ccccc1)c1ccccc1)[Fe]43521678[CH]2[CH]1[CH]6[C]7(P(c1ccccc1)c1ccccc1)[CH]28. The van der Waals surface area contributed by atoms with E-state index in [4.69, 9.17) is 4.74 Å². The second-order valence-electron chi connectivity index (χ2n) is 17.1. The van der Waals surface area contributed by atoms with Crippen molar-refractivity contribution in [2.45, 2.75) is 66.1 Å². The van der Waals surface area contributed by atoms with Crippen LogP contribution in [0.4, 0.5) is 0 Å². The van der Waals surface area contributed by atoms with Gasteiger partial charge in [-0.15, -0.1) is 0 Å². The summed E-state index contributed by atoms with van der Waals surface area (Å²) in [6.45, 7) is -0.452. The van der Waals surface area contributed by atoms with Gasteiger partial charge in [0.2, 0.25) is 0 Å². The van der Waals surface area contributed by atoms with Gasteiger partial charge in [-0.2, -0.15) is 0 Å². The van der Waals surface area contributed by atoms with E-state index in [2.05, 4.69) is 128 Å². The van der Waals surface area contributed by atoms with Crippen molar-refractivity contribution in [1.82, 2.24) is 0 Å². The molecule has 0 bridgehead atoms. The molecule has 14 rings (SSSR count). The van der Waals surface area contributed by atoms with E-state index in [0.717, 1.165) is 33.7 Å². The monoisotopic (exact) mass is 640 g/mol. The number of carbonyl (C=O) groups excluding carboxylic acids is 1. The third kappa shape index (κ3) is 0.597. The van der Waals surface area contributed by atoms with Crippen molar-refractivity contribution in [2.24, 2.45) is 0 Å². The number of fused-ring (bicyclic) bond motifs is 10. The molecular weight excluding hydrogens is 606 g/mol. The molecule has 4 aromatic rings.